The van der Waals surface area contributed by atoms with Crippen molar-refractivity contribution in [2.45, 2.75) is 32.7 Å². The highest BCUT2D eigenvalue weighted by molar-refractivity contribution is 5.84. The fourth-order valence-electron chi connectivity index (χ4n) is 3.80. The maximum Gasteiger partial charge on any atom is 0.330 e. The Morgan fingerprint density at radius 3 is 2.82 bits per heavy atom. The van der Waals surface area contributed by atoms with E-state index in [4.69, 9.17) is 10.5 Å². The van der Waals surface area contributed by atoms with E-state index in [0.29, 0.717) is 19.5 Å². The first-order valence-electron chi connectivity index (χ1n) is 11.1. The summed E-state index contributed by atoms with van der Waals surface area (Å²) in [6.45, 7) is 3.30. The van der Waals surface area contributed by atoms with Crippen LogP contribution in [0.25, 0.3) is 10.9 Å². The summed E-state index contributed by atoms with van der Waals surface area (Å²) in [4.78, 5) is 44.6. The predicted molar refractivity (Wildman–Crippen MR) is 130 cm³/mol. The first kappa shape index (κ1) is 24.1. The van der Waals surface area contributed by atoms with E-state index in [1.807, 2.05) is 37.4 Å². The Bertz CT molecular complexity index is 1200. The summed E-state index contributed by atoms with van der Waals surface area (Å²) in [5.74, 6) is -0.198. The summed E-state index contributed by atoms with van der Waals surface area (Å²) in [5.41, 5.74) is 7.32. The van der Waals surface area contributed by atoms with Gasteiger partial charge in [-0.05, 0) is 24.5 Å². The van der Waals surface area contributed by atoms with Crippen molar-refractivity contribution in [3.63, 3.8) is 0 Å². The van der Waals surface area contributed by atoms with Crippen LogP contribution in [0.15, 0.2) is 40.1 Å². The summed E-state index contributed by atoms with van der Waals surface area (Å²) < 4.78 is 6.49. The van der Waals surface area contributed by atoms with E-state index in [0.717, 1.165) is 29.3 Å². The Kier molecular flexibility index (Phi) is 8.31. The zero-order valence-corrected chi connectivity index (χ0v) is 19.1. The molecule has 178 valence electrons. The number of benzene rings is 1. The van der Waals surface area contributed by atoms with Gasteiger partial charge in [-0.15, -0.1) is 0 Å². The normalized spacial score (nSPS) is 11.1. The molecule has 2 aromatic heterocycles. The van der Waals surface area contributed by atoms with Crippen LogP contribution in [0.1, 0.15) is 25.3 Å². The lowest BCUT2D eigenvalue weighted by Gasteiger charge is -2.25. The van der Waals surface area contributed by atoms with E-state index >= 15 is 0 Å². The molecule has 0 atom stereocenters. The molecule has 10 nitrogen and oxygen atoms in total. The number of amides is 1. The number of carbonyl (C=O) groups excluding carboxylic acids is 1. The molecule has 0 saturated carbocycles. The number of methoxy groups -OCH3 is 1. The number of ether oxygens (including phenoxy) is 1. The van der Waals surface area contributed by atoms with Gasteiger partial charge in [-0.2, -0.15) is 0 Å². The van der Waals surface area contributed by atoms with E-state index in [1.54, 1.807) is 4.90 Å². The largest absolute Gasteiger partial charge is 0.383 e. The molecular formula is C23H32N6O4. The number of hydrogen-bond acceptors (Lipinski definition) is 6. The number of fused-ring (bicyclic) bond motifs is 1. The van der Waals surface area contributed by atoms with Crippen molar-refractivity contribution in [2.24, 2.45) is 0 Å². The van der Waals surface area contributed by atoms with Crippen LogP contribution in [-0.4, -0.2) is 53.8 Å². The Morgan fingerprint density at radius 2 is 2.06 bits per heavy atom. The molecule has 1 aromatic carbocycles. The van der Waals surface area contributed by atoms with Gasteiger partial charge in [-0.3, -0.25) is 19.1 Å². The standard InChI is InChI=1S/C23H32N6O4/c1-3-4-11-29-21(24)20(22(31)27-23(29)32)28(12-13-33-2)15-19(30)25-10-9-16-14-26-18-8-6-5-7-17(16)18/h5-8,14,26H,3-4,9-13,15,24H2,1-2H3,(H,25,30)(H,27,31,32). The van der Waals surface area contributed by atoms with Crippen LogP contribution in [0.5, 0.6) is 0 Å². The van der Waals surface area contributed by atoms with Gasteiger partial charge in [0.25, 0.3) is 5.56 Å². The molecule has 0 spiro atoms. The molecule has 0 bridgehead atoms. The quantitative estimate of drug-likeness (QED) is 0.323. The number of nitrogen functional groups attached to an aromatic ring is 1. The Balaban J connectivity index is 1.72. The van der Waals surface area contributed by atoms with Gasteiger partial charge in [0.2, 0.25) is 5.91 Å². The predicted octanol–water partition coefficient (Wildman–Crippen LogP) is 1.21. The first-order valence-corrected chi connectivity index (χ1v) is 11.1. The molecule has 0 saturated heterocycles. The van der Waals surface area contributed by atoms with Gasteiger partial charge in [-0.25, -0.2) is 4.79 Å². The smallest absolute Gasteiger partial charge is 0.330 e. The topological polar surface area (TPSA) is 138 Å². The first-order chi connectivity index (χ1) is 16.0. The Labute approximate surface area is 191 Å². The van der Waals surface area contributed by atoms with Gasteiger partial charge in [0.1, 0.15) is 11.5 Å². The van der Waals surface area contributed by atoms with Gasteiger partial charge in [0.05, 0.1) is 13.2 Å². The molecule has 0 aliphatic carbocycles. The Hall–Kier alpha value is -3.53. The van der Waals surface area contributed by atoms with Gasteiger partial charge < -0.3 is 25.7 Å². The zero-order valence-electron chi connectivity index (χ0n) is 19.1. The van der Waals surface area contributed by atoms with Crippen LogP contribution in [-0.2, 0) is 22.5 Å². The molecule has 3 rings (SSSR count). The van der Waals surface area contributed by atoms with Gasteiger partial charge in [0.15, 0.2) is 0 Å². The summed E-state index contributed by atoms with van der Waals surface area (Å²) >= 11 is 0. The zero-order chi connectivity index (χ0) is 23.8. The van der Waals surface area contributed by atoms with Crippen molar-refractivity contribution in [1.29, 1.82) is 0 Å². The molecule has 0 aliphatic heterocycles. The number of hydrogen-bond donors (Lipinski definition) is 4. The summed E-state index contributed by atoms with van der Waals surface area (Å²) in [6.07, 6.45) is 4.22. The second kappa shape index (κ2) is 11.4. The number of carbonyl (C=O) groups is 1. The molecule has 0 radical (unpaired) electrons. The minimum Gasteiger partial charge on any atom is -0.383 e. The lowest BCUT2D eigenvalue weighted by atomic mass is 10.1. The molecule has 0 fully saturated rings. The van der Waals surface area contributed by atoms with Crippen molar-refractivity contribution in [2.75, 3.05) is 44.0 Å². The maximum absolute atomic E-state index is 12.7. The number of para-hydroxylation sites is 1. The lowest BCUT2D eigenvalue weighted by Crippen LogP contribution is -2.44. The SMILES string of the molecule is CCCCn1c(N)c(N(CCOC)CC(=O)NCCc2c[nH]c3ccccc23)c(=O)[nH]c1=O. The summed E-state index contributed by atoms with van der Waals surface area (Å²) in [6, 6.07) is 8.00. The molecular weight excluding hydrogens is 424 g/mol. The van der Waals surface area contributed by atoms with E-state index in [2.05, 4.69) is 15.3 Å². The highest BCUT2D eigenvalue weighted by Crippen LogP contribution is 2.18. The molecule has 1 amide bonds. The molecule has 33 heavy (non-hydrogen) atoms. The van der Waals surface area contributed by atoms with Crippen LogP contribution in [0, 0.1) is 0 Å². The number of unbranched alkanes of at least 4 members (excludes halogenated alkanes) is 1. The third-order valence-corrected chi connectivity index (χ3v) is 5.56. The van der Waals surface area contributed by atoms with E-state index in [9.17, 15) is 14.4 Å². The molecule has 5 N–H and O–H groups in total. The molecule has 0 aliphatic rings. The molecule has 10 heteroatoms. The summed E-state index contributed by atoms with van der Waals surface area (Å²) in [7, 11) is 1.54. The third kappa shape index (κ3) is 5.83. The number of rotatable bonds is 12. The van der Waals surface area contributed by atoms with Gasteiger partial charge in [-0.1, -0.05) is 31.5 Å². The fraction of sp³-hybridized carbons (Fsp3) is 0.435. The monoisotopic (exact) mass is 456 g/mol. The molecule has 3 aromatic rings. The van der Waals surface area contributed by atoms with E-state index in [-0.39, 0.29) is 37.1 Å². The van der Waals surface area contributed by atoms with Crippen molar-refractivity contribution in [3.8, 4) is 0 Å². The second-order valence-corrected chi connectivity index (χ2v) is 7.87. The maximum atomic E-state index is 12.7. The highest BCUT2D eigenvalue weighted by atomic mass is 16.5. The number of anilines is 2. The Morgan fingerprint density at radius 1 is 1.27 bits per heavy atom. The molecule has 0 unspecified atom stereocenters. The van der Waals surface area contributed by atoms with Crippen LogP contribution in [0.4, 0.5) is 11.5 Å². The number of aromatic amines is 2. The van der Waals surface area contributed by atoms with Crippen LogP contribution in [0.2, 0.25) is 0 Å². The summed E-state index contributed by atoms with van der Waals surface area (Å²) in [5, 5.41) is 4.03. The van der Waals surface area contributed by atoms with Crippen LogP contribution in [0.3, 0.4) is 0 Å². The molecule has 2 heterocycles. The third-order valence-electron chi connectivity index (χ3n) is 5.56. The van der Waals surface area contributed by atoms with E-state index < -0.39 is 11.2 Å². The fourth-order valence-corrected chi connectivity index (χ4v) is 3.80. The van der Waals surface area contributed by atoms with Crippen molar-refractivity contribution in [1.82, 2.24) is 19.9 Å². The number of H-pyrrole nitrogens is 2. The number of aromatic nitrogens is 3. The van der Waals surface area contributed by atoms with E-state index in [1.165, 1.54) is 11.7 Å². The van der Waals surface area contributed by atoms with Crippen LogP contribution >= 0.6 is 0 Å². The average Bonchev–Trinajstić information content (AvgIpc) is 3.20. The number of nitrogens with zero attached hydrogens (tertiary/aromatic N) is 2. The second-order valence-electron chi connectivity index (χ2n) is 7.87. The highest BCUT2D eigenvalue weighted by Gasteiger charge is 2.21. The number of nitrogens with two attached hydrogens (primary N) is 1. The average molecular weight is 457 g/mol. The number of nitrogens with one attached hydrogen (secondary N) is 3. The van der Waals surface area contributed by atoms with Crippen LogP contribution < -0.4 is 27.2 Å². The minimum absolute atomic E-state index is 0.0555. The van der Waals surface area contributed by atoms with Crippen molar-refractivity contribution < 1.29 is 9.53 Å². The lowest BCUT2D eigenvalue weighted by molar-refractivity contribution is -0.119. The van der Waals surface area contributed by atoms with Gasteiger partial charge in [0, 0.05) is 43.8 Å². The van der Waals surface area contributed by atoms with Gasteiger partial charge >= 0.3 is 5.69 Å². The minimum atomic E-state index is -0.618. The van der Waals surface area contributed by atoms with Crippen molar-refractivity contribution >= 4 is 28.3 Å². The van der Waals surface area contributed by atoms with Crippen molar-refractivity contribution in [3.05, 3.63) is 56.9 Å².